The molecule has 1 rings (SSSR count). The fraction of sp³-hybridized carbons (Fsp3) is 0.833. The number of aliphatic hydroxyl groups excluding tert-OH is 1. The third-order valence-electron chi connectivity index (χ3n) is 2.05. The van der Waals surface area contributed by atoms with E-state index in [0.717, 1.165) is 25.7 Å². The Morgan fingerprint density at radius 1 is 1.70 bits per heavy atom. The molecule has 0 aliphatic carbocycles. The van der Waals surface area contributed by atoms with E-state index in [1.54, 1.807) is 0 Å². The molecule has 1 aliphatic heterocycles. The quantitative estimate of drug-likeness (QED) is 0.359. The van der Waals surface area contributed by atoms with Crippen LogP contribution in [0.25, 0.3) is 0 Å². The topological polar surface area (TPSA) is 40.5 Å². The lowest BCUT2D eigenvalue weighted by Gasteiger charge is -2.32. The van der Waals surface area contributed by atoms with Gasteiger partial charge in [0.25, 0.3) is 0 Å². The zero-order valence-electron chi connectivity index (χ0n) is 6.16. The number of aliphatic hydroxyl groups is 1. The first kappa shape index (κ1) is 7.76. The minimum absolute atomic E-state index is 0.270. The van der Waals surface area contributed by atoms with Crippen LogP contribution in [0.2, 0.25) is 0 Å². The maximum Gasteiger partial charge on any atom is 0.186 e. The highest BCUT2D eigenvalue weighted by atomic mass is 16.3. The molecule has 1 heterocycles. The molecular formula is C6H12BNO2. The molecule has 0 aromatic carbocycles. The van der Waals surface area contributed by atoms with Gasteiger partial charge < -0.3 is 14.7 Å². The monoisotopic (exact) mass is 141 g/mol. The van der Waals surface area contributed by atoms with Gasteiger partial charge in [0.2, 0.25) is 0 Å². The summed E-state index contributed by atoms with van der Waals surface area (Å²) in [5, 5.41) is 9.27. The van der Waals surface area contributed by atoms with Crippen LogP contribution in [0.15, 0.2) is 0 Å². The number of hydrogen-bond donors (Lipinski definition) is 1. The number of hydrogen-bond acceptors (Lipinski definition) is 3. The Labute approximate surface area is 61.4 Å². The van der Waals surface area contributed by atoms with Crippen LogP contribution in [-0.4, -0.2) is 42.9 Å². The zero-order chi connectivity index (χ0) is 7.56. The van der Waals surface area contributed by atoms with Crippen LogP contribution < -0.4 is 0 Å². The van der Waals surface area contributed by atoms with Gasteiger partial charge in [0.1, 0.15) is 6.29 Å². The van der Waals surface area contributed by atoms with E-state index in [4.69, 9.17) is 0 Å². The molecule has 56 valence electrons. The molecule has 4 heteroatoms. The van der Waals surface area contributed by atoms with Gasteiger partial charge in [-0.15, -0.1) is 0 Å². The van der Waals surface area contributed by atoms with Crippen LogP contribution in [-0.2, 0) is 4.79 Å². The van der Waals surface area contributed by atoms with Crippen molar-refractivity contribution in [2.45, 2.75) is 25.0 Å². The van der Waals surface area contributed by atoms with Crippen LogP contribution in [0, 0.1) is 0 Å². The standard InChI is InChI=1S/C6H12BNO2/c7-8-3-1-2-6(10)5(8)4-9/h4-6,10H,1-3,7H2. The van der Waals surface area contributed by atoms with Crippen LogP contribution >= 0.6 is 0 Å². The summed E-state index contributed by atoms with van der Waals surface area (Å²) in [4.78, 5) is 12.3. The maximum atomic E-state index is 10.4. The SMILES string of the molecule is BN1CCCC(O)C1C=O. The molecule has 0 saturated carbocycles. The van der Waals surface area contributed by atoms with E-state index in [0.29, 0.717) is 0 Å². The van der Waals surface area contributed by atoms with Crippen molar-refractivity contribution in [3.05, 3.63) is 0 Å². The van der Waals surface area contributed by atoms with Crippen LogP contribution in [0.4, 0.5) is 0 Å². The zero-order valence-corrected chi connectivity index (χ0v) is 6.16. The second-order valence-electron chi connectivity index (χ2n) is 2.82. The molecule has 2 atom stereocenters. The van der Waals surface area contributed by atoms with E-state index in [-0.39, 0.29) is 6.04 Å². The number of piperidine rings is 1. The van der Waals surface area contributed by atoms with Crippen molar-refractivity contribution in [2.24, 2.45) is 0 Å². The molecule has 1 N–H and O–H groups in total. The van der Waals surface area contributed by atoms with Crippen molar-refractivity contribution in [2.75, 3.05) is 6.54 Å². The van der Waals surface area contributed by atoms with Crippen molar-refractivity contribution in [3.63, 3.8) is 0 Å². The van der Waals surface area contributed by atoms with Gasteiger partial charge in [0.05, 0.1) is 12.1 Å². The van der Waals surface area contributed by atoms with Crippen LogP contribution in [0.5, 0.6) is 0 Å². The lowest BCUT2D eigenvalue weighted by atomic mass is 9.97. The number of carbonyl (C=O) groups is 1. The first-order valence-electron chi connectivity index (χ1n) is 3.59. The minimum atomic E-state index is -0.448. The summed E-state index contributed by atoms with van der Waals surface area (Å²) in [6.07, 6.45) is 2.12. The Bertz CT molecular complexity index is 121. The summed E-state index contributed by atoms with van der Waals surface area (Å²) in [6.45, 7) is 0.917. The first-order chi connectivity index (χ1) is 4.75. The van der Waals surface area contributed by atoms with E-state index in [9.17, 15) is 9.90 Å². The second kappa shape index (κ2) is 3.17. The highest BCUT2D eigenvalue weighted by molar-refractivity contribution is 6.05. The predicted molar refractivity (Wildman–Crippen MR) is 40.3 cm³/mol. The number of aldehydes is 1. The lowest BCUT2D eigenvalue weighted by molar-refractivity contribution is -0.115. The molecule has 10 heavy (non-hydrogen) atoms. The molecule has 1 aliphatic rings. The van der Waals surface area contributed by atoms with Gasteiger partial charge in [-0.3, -0.25) is 0 Å². The van der Waals surface area contributed by atoms with Crippen LogP contribution in [0.3, 0.4) is 0 Å². The number of nitrogens with zero attached hydrogens (tertiary/aromatic N) is 1. The number of rotatable bonds is 1. The van der Waals surface area contributed by atoms with Gasteiger partial charge in [-0.05, 0) is 19.4 Å². The van der Waals surface area contributed by atoms with Crippen molar-refractivity contribution in [1.82, 2.24) is 4.81 Å². The summed E-state index contributed by atoms with van der Waals surface area (Å²) in [7, 11) is 1.86. The van der Waals surface area contributed by atoms with E-state index < -0.39 is 6.10 Å². The maximum absolute atomic E-state index is 10.4. The molecule has 0 spiro atoms. The Morgan fingerprint density at radius 2 is 2.40 bits per heavy atom. The molecule has 0 radical (unpaired) electrons. The van der Waals surface area contributed by atoms with Crippen molar-refractivity contribution in [1.29, 1.82) is 0 Å². The van der Waals surface area contributed by atoms with Gasteiger partial charge in [0.15, 0.2) is 7.98 Å². The first-order valence-corrected chi connectivity index (χ1v) is 3.59. The van der Waals surface area contributed by atoms with Crippen LogP contribution in [0.1, 0.15) is 12.8 Å². The van der Waals surface area contributed by atoms with Gasteiger partial charge in [-0.2, -0.15) is 0 Å². The molecule has 3 nitrogen and oxygen atoms in total. The van der Waals surface area contributed by atoms with E-state index in [2.05, 4.69) is 0 Å². The smallest absolute Gasteiger partial charge is 0.186 e. The third kappa shape index (κ3) is 1.38. The summed E-state index contributed by atoms with van der Waals surface area (Å²) in [5.74, 6) is 0. The molecule has 2 unspecified atom stereocenters. The average molecular weight is 141 g/mol. The minimum Gasteiger partial charge on any atom is -0.391 e. The largest absolute Gasteiger partial charge is 0.391 e. The summed E-state index contributed by atoms with van der Waals surface area (Å²) < 4.78 is 0. The van der Waals surface area contributed by atoms with Gasteiger partial charge in [-0.1, -0.05) is 0 Å². The van der Waals surface area contributed by atoms with Crippen molar-refractivity contribution in [3.8, 4) is 0 Å². The average Bonchev–Trinajstić information content (AvgIpc) is 1.88. The Kier molecular flexibility index (Phi) is 2.46. The molecule has 0 aromatic rings. The highest BCUT2D eigenvalue weighted by Gasteiger charge is 2.25. The van der Waals surface area contributed by atoms with Crippen molar-refractivity contribution >= 4 is 14.3 Å². The van der Waals surface area contributed by atoms with Crippen molar-refractivity contribution < 1.29 is 9.90 Å². The Balaban J connectivity index is 2.53. The fourth-order valence-corrected chi connectivity index (χ4v) is 1.36. The lowest BCUT2D eigenvalue weighted by Crippen LogP contribution is -2.47. The Morgan fingerprint density at radius 3 is 2.80 bits per heavy atom. The van der Waals surface area contributed by atoms with Gasteiger partial charge in [-0.25, -0.2) is 0 Å². The third-order valence-corrected chi connectivity index (χ3v) is 2.05. The second-order valence-corrected chi connectivity index (χ2v) is 2.82. The van der Waals surface area contributed by atoms with E-state index in [1.165, 1.54) is 0 Å². The van der Waals surface area contributed by atoms with Gasteiger partial charge >= 0.3 is 0 Å². The molecule has 0 aromatic heterocycles. The van der Waals surface area contributed by atoms with E-state index >= 15 is 0 Å². The predicted octanol–water partition coefficient (Wildman–Crippen LogP) is -1.44. The van der Waals surface area contributed by atoms with E-state index in [1.807, 2.05) is 12.8 Å². The fourth-order valence-electron chi connectivity index (χ4n) is 1.36. The summed E-state index contributed by atoms with van der Waals surface area (Å²) >= 11 is 0. The molecule has 1 saturated heterocycles. The highest BCUT2D eigenvalue weighted by Crippen LogP contribution is 2.13. The summed E-state index contributed by atoms with van der Waals surface area (Å²) in [5.41, 5.74) is 0. The molecule has 1 fully saturated rings. The normalized spacial score (nSPS) is 35.7. The molecule has 0 amide bonds. The van der Waals surface area contributed by atoms with Gasteiger partial charge in [0, 0.05) is 0 Å². The summed E-state index contributed by atoms with van der Waals surface area (Å²) in [6, 6.07) is -0.270. The number of carbonyl (C=O) groups excluding carboxylic acids is 1. The Hall–Kier alpha value is -0.345. The molecular weight excluding hydrogens is 129 g/mol. The molecule has 0 bridgehead atoms.